The van der Waals surface area contributed by atoms with Gasteiger partial charge < -0.3 is 9.47 Å². The van der Waals surface area contributed by atoms with Gasteiger partial charge in [-0.25, -0.2) is 5.84 Å². The number of para-hydroxylation sites is 2. The molecular weight excluding hydrogens is 232 g/mol. The van der Waals surface area contributed by atoms with Crippen LogP contribution in [-0.2, 0) is 4.79 Å². The fourth-order valence-corrected chi connectivity index (χ4v) is 1.56. The summed E-state index contributed by atoms with van der Waals surface area (Å²) in [6.07, 6.45) is 3.11. The molecule has 5 nitrogen and oxygen atoms in total. The van der Waals surface area contributed by atoms with Crippen LogP contribution < -0.4 is 20.7 Å². The fourth-order valence-electron chi connectivity index (χ4n) is 1.56. The summed E-state index contributed by atoms with van der Waals surface area (Å²) in [7, 11) is 1.62. The number of carbonyl (C=O) groups is 1. The molecule has 0 aliphatic heterocycles. The molecule has 1 aromatic carbocycles. The summed E-state index contributed by atoms with van der Waals surface area (Å²) in [6.45, 7) is 0.616. The highest BCUT2D eigenvalue weighted by Gasteiger charge is 2.02. The molecule has 18 heavy (non-hydrogen) atoms. The van der Waals surface area contributed by atoms with E-state index in [4.69, 9.17) is 15.3 Å². The van der Waals surface area contributed by atoms with Crippen LogP contribution in [0.3, 0.4) is 0 Å². The number of amides is 1. The first-order chi connectivity index (χ1) is 8.77. The standard InChI is InChI=1S/C13H20N2O3/c1-17-11-7-4-5-8-12(11)18-10-6-2-3-9-13(16)15-14/h4-5,7-8H,2-3,6,9-10,14H2,1H3,(H,15,16). The molecule has 0 atom stereocenters. The highest BCUT2D eigenvalue weighted by atomic mass is 16.5. The molecule has 0 aliphatic carbocycles. The van der Waals surface area contributed by atoms with E-state index in [1.807, 2.05) is 24.3 Å². The van der Waals surface area contributed by atoms with Gasteiger partial charge in [0, 0.05) is 6.42 Å². The third kappa shape index (κ3) is 5.05. The van der Waals surface area contributed by atoms with Crippen LogP contribution in [0.4, 0.5) is 0 Å². The van der Waals surface area contributed by atoms with Gasteiger partial charge in [-0.15, -0.1) is 0 Å². The van der Waals surface area contributed by atoms with Crippen LogP contribution in [0.5, 0.6) is 11.5 Å². The topological polar surface area (TPSA) is 73.6 Å². The average molecular weight is 252 g/mol. The van der Waals surface area contributed by atoms with Crippen LogP contribution in [0.15, 0.2) is 24.3 Å². The van der Waals surface area contributed by atoms with Crippen molar-refractivity contribution in [3.05, 3.63) is 24.3 Å². The van der Waals surface area contributed by atoms with E-state index in [1.54, 1.807) is 7.11 Å². The van der Waals surface area contributed by atoms with E-state index >= 15 is 0 Å². The highest BCUT2D eigenvalue weighted by molar-refractivity contribution is 5.75. The molecule has 3 N–H and O–H groups in total. The Kier molecular flexibility index (Phi) is 6.64. The van der Waals surface area contributed by atoms with Gasteiger partial charge in [-0.1, -0.05) is 12.1 Å². The Balaban J connectivity index is 2.16. The number of rotatable bonds is 8. The number of hydrazine groups is 1. The molecule has 0 heterocycles. The number of hydrogen-bond acceptors (Lipinski definition) is 4. The summed E-state index contributed by atoms with van der Waals surface area (Å²) in [6, 6.07) is 7.54. The number of nitrogens with one attached hydrogen (secondary N) is 1. The molecule has 0 bridgehead atoms. The van der Waals surface area contributed by atoms with Crippen molar-refractivity contribution in [3.63, 3.8) is 0 Å². The number of ether oxygens (including phenoxy) is 2. The monoisotopic (exact) mass is 252 g/mol. The van der Waals surface area contributed by atoms with E-state index in [-0.39, 0.29) is 5.91 Å². The minimum Gasteiger partial charge on any atom is -0.493 e. The van der Waals surface area contributed by atoms with E-state index in [2.05, 4.69) is 5.43 Å². The molecule has 5 heteroatoms. The van der Waals surface area contributed by atoms with Crippen molar-refractivity contribution in [1.82, 2.24) is 5.43 Å². The second kappa shape index (κ2) is 8.36. The zero-order chi connectivity index (χ0) is 13.2. The third-order valence-corrected chi connectivity index (χ3v) is 2.54. The molecule has 0 spiro atoms. The number of unbranched alkanes of at least 4 members (excludes halogenated alkanes) is 2. The Morgan fingerprint density at radius 2 is 1.94 bits per heavy atom. The SMILES string of the molecule is COc1ccccc1OCCCCCC(=O)NN. The first kappa shape index (κ1) is 14.3. The second-order valence-electron chi connectivity index (χ2n) is 3.88. The van der Waals surface area contributed by atoms with Crippen molar-refractivity contribution in [1.29, 1.82) is 0 Å². The van der Waals surface area contributed by atoms with Crippen molar-refractivity contribution in [2.24, 2.45) is 5.84 Å². The van der Waals surface area contributed by atoms with Gasteiger partial charge in [-0.2, -0.15) is 0 Å². The Morgan fingerprint density at radius 1 is 1.22 bits per heavy atom. The molecule has 100 valence electrons. The normalized spacial score (nSPS) is 9.89. The lowest BCUT2D eigenvalue weighted by Gasteiger charge is -2.09. The van der Waals surface area contributed by atoms with Gasteiger partial charge in [0.2, 0.25) is 5.91 Å². The van der Waals surface area contributed by atoms with Crippen LogP contribution in [0.2, 0.25) is 0 Å². The highest BCUT2D eigenvalue weighted by Crippen LogP contribution is 2.25. The quantitative estimate of drug-likeness (QED) is 0.319. The third-order valence-electron chi connectivity index (χ3n) is 2.54. The molecule has 0 aliphatic rings. The lowest BCUT2D eigenvalue weighted by atomic mass is 10.2. The lowest BCUT2D eigenvalue weighted by molar-refractivity contribution is -0.121. The molecule has 0 unspecified atom stereocenters. The molecule has 0 saturated carbocycles. The van der Waals surface area contributed by atoms with Gasteiger partial charge in [-0.3, -0.25) is 10.2 Å². The first-order valence-corrected chi connectivity index (χ1v) is 6.03. The summed E-state index contributed by atoms with van der Waals surface area (Å²) in [4.78, 5) is 10.9. The van der Waals surface area contributed by atoms with Crippen LogP contribution in [0.25, 0.3) is 0 Å². The maximum Gasteiger partial charge on any atom is 0.233 e. The maximum atomic E-state index is 10.9. The minimum absolute atomic E-state index is 0.124. The number of hydrogen-bond donors (Lipinski definition) is 2. The Labute approximate surface area is 107 Å². The second-order valence-corrected chi connectivity index (χ2v) is 3.88. The first-order valence-electron chi connectivity index (χ1n) is 6.03. The van der Waals surface area contributed by atoms with E-state index < -0.39 is 0 Å². The summed E-state index contributed by atoms with van der Waals surface area (Å²) < 4.78 is 10.8. The number of nitrogens with two attached hydrogens (primary N) is 1. The molecule has 1 aromatic rings. The van der Waals surface area contributed by atoms with Crippen LogP contribution in [0, 0.1) is 0 Å². The molecule has 1 amide bonds. The zero-order valence-electron chi connectivity index (χ0n) is 10.6. The largest absolute Gasteiger partial charge is 0.493 e. The average Bonchev–Trinajstić information content (AvgIpc) is 2.42. The Hall–Kier alpha value is -1.75. The number of methoxy groups -OCH3 is 1. The van der Waals surface area contributed by atoms with E-state index in [0.717, 1.165) is 30.8 Å². The van der Waals surface area contributed by atoms with Crippen LogP contribution >= 0.6 is 0 Å². The van der Waals surface area contributed by atoms with E-state index in [1.165, 1.54) is 0 Å². The van der Waals surface area contributed by atoms with Gasteiger partial charge in [0.25, 0.3) is 0 Å². The van der Waals surface area contributed by atoms with E-state index in [9.17, 15) is 4.79 Å². The summed E-state index contributed by atoms with van der Waals surface area (Å²) >= 11 is 0. The van der Waals surface area contributed by atoms with Crippen LogP contribution in [-0.4, -0.2) is 19.6 Å². The summed E-state index contributed by atoms with van der Waals surface area (Å²) in [5, 5.41) is 0. The van der Waals surface area contributed by atoms with Gasteiger partial charge in [-0.05, 0) is 31.4 Å². The lowest BCUT2D eigenvalue weighted by Crippen LogP contribution is -2.29. The van der Waals surface area contributed by atoms with Crippen LogP contribution in [0.1, 0.15) is 25.7 Å². The molecule has 0 radical (unpaired) electrons. The molecule has 1 rings (SSSR count). The predicted molar refractivity (Wildman–Crippen MR) is 69.3 cm³/mol. The minimum atomic E-state index is -0.124. The molecule has 0 saturated heterocycles. The number of benzene rings is 1. The predicted octanol–water partition coefficient (Wildman–Crippen LogP) is 1.62. The fraction of sp³-hybridized carbons (Fsp3) is 0.462. The van der Waals surface area contributed by atoms with Gasteiger partial charge >= 0.3 is 0 Å². The van der Waals surface area contributed by atoms with Gasteiger partial charge in [0.15, 0.2) is 11.5 Å². The Bertz CT molecular complexity index is 369. The zero-order valence-corrected chi connectivity index (χ0v) is 10.6. The number of carbonyl (C=O) groups excluding carboxylic acids is 1. The molecular formula is C13H20N2O3. The van der Waals surface area contributed by atoms with Crippen molar-refractivity contribution in [2.45, 2.75) is 25.7 Å². The van der Waals surface area contributed by atoms with Crippen molar-refractivity contribution in [3.8, 4) is 11.5 Å². The van der Waals surface area contributed by atoms with Gasteiger partial charge in [0.05, 0.1) is 13.7 Å². The molecule has 0 fully saturated rings. The van der Waals surface area contributed by atoms with Crippen molar-refractivity contribution < 1.29 is 14.3 Å². The van der Waals surface area contributed by atoms with Crippen molar-refractivity contribution >= 4 is 5.91 Å². The maximum absolute atomic E-state index is 10.9. The summed E-state index contributed by atoms with van der Waals surface area (Å²) in [5.41, 5.74) is 2.11. The van der Waals surface area contributed by atoms with E-state index in [0.29, 0.717) is 13.0 Å². The summed E-state index contributed by atoms with van der Waals surface area (Å²) in [5.74, 6) is 6.34. The van der Waals surface area contributed by atoms with Gasteiger partial charge in [0.1, 0.15) is 0 Å². The van der Waals surface area contributed by atoms with Crippen molar-refractivity contribution in [2.75, 3.05) is 13.7 Å². The smallest absolute Gasteiger partial charge is 0.233 e. The Morgan fingerprint density at radius 3 is 2.61 bits per heavy atom. The molecule has 0 aromatic heterocycles.